The molecule has 0 aliphatic heterocycles. The third kappa shape index (κ3) is 2.51. The summed E-state index contributed by atoms with van der Waals surface area (Å²) in [6.07, 6.45) is -0.579. The Morgan fingerprint density at radius 3 is 2.75 bits per heavy atom. The highest BCUT2D eigenvalue weighted by molar-refractivity contribution is 5.23. The summed E-state index contributed by atoms with van der Waals surface area (Å²) in [6, 6.07) is 6.11. The van der Waals surface area contributed by atoms with Crippen LogP contribution < -0.4 is 4.74 Å². The van der Waals surface area contributed by atoms with Crippen LogP contribution in [-0.2, 0) is 0 Å². The molecule has 0 aliphatic carbocycles. The van der Waals surface area contributed by atoms with Gasteiger partial charge in [-0.25, -0.2) is 4.39 Å². The lowest BCUT2D eigenvalue weighted by molar-refractivity contribution is 0.120. The van der Waals surface area contributed by atoms with Crippen LogP contribution in [0.1, 0.15) is 6.92 Å². The maximum Gasteiger partial charge on any atom is 0.165 e. The fraction of sp³-hybridized carbons (Fsp3) is 0.333. The molecule has 0 radical (unpaired) electrons. The van der Waals surface area contributed by atoms with Crippen molar-refractivity contribution in [3.8, 4) is 5.75 Å². The Bertz CT molecular complexity index is 248. The summed E-state index contributed by atoms with van der Waals surface area (Å²) in [5, 5.41) is 8.86. The van der Waals surface area contributed by atoms with E-state index in [4.69, 9.17) is 9.84 Å². The van der Waals surface area contributed by atoms with Gasteiger partial charge in [0, 0.05) is 0 Å². The number of para-hydroxylation sites is 1. The first-order valence-electron chi connectivity index (χ1n) is 3.75. The number of rotatable bonds is 3. The van der Waals surface area contributed by atoms with E-state index in [2.05, 4.69) is 0 Å². The molecule has 0 heterocycles. The Morgan fingerprint density at radius 2 is 2.17 bits per heavy atom. The van der Waals surface area contributed by atoms with Gasteiger partial charge in [0.25, 0.3) is 0 Å². The van der Waals surface area contributed by atoms with E-state index < -0.39 is 11.9 Å². The molecule has 1 aromatic rings. The molecule has 0 bridgehead atoms. The van der Waals surface area contributed by atoms with Gasteiger partial charge < -0.3 is 9.84 Å². The summed E-state index contributed by atoms with van der Waals surface area (Å²) in [7, 11) is 0. The zero-order valence-electron chi connectivity index (χ0n) is 6.83. The van der Waals surface area contributed by atoms with Crippen molar-refractivity contribution < 1.29 is 14.2 Å². The lowest BCUT2D eigenvalue weighted by atomic mass is 10.3. The minimum absolute atomic E-state index is 0.112. The van der Waals surface area contributed by atoms with Crippen LogP contribution in [0.2, 0.25) is 0 Å². The summed E-state index contributed by atoms with van der Waals surface area (Å²) in [6.45, 7) is 1.70. The number of halogens is 1. The van der Waals surface area contributed by atoms with Gasteiger partial charge in [0.15, 0.2) is 11.6 Å². The van der Waals surface area contributed by atoms with Crippen LogP contribution in [-0.4, -0.2) is 17.8 Å². The standard InChI is InChI=1S/C9H11FO2/c1-7(11)6-12-9-5-3-2-4-8(9)10/h2-5,7,11H,6H2,1H3/t7-/m1/s1. The first-order valence-corrected chi connectivity index (χ1v) is 3.75. The molecule has 0 spiro atoms. The summed E-state index contributed by atoms with van der Waals surface area (Å²) < 4.78 is 17.8. The van der Waals surface area contributed by atoms with Crippen LogP contribution in [0.3, 0.4) is 0 Å². The third-order valence-corrected chi connectivity index (χ3v) is 1.32. The van der Waals surface area contributed by atoms with Crippen LogP contribution in [0.15, 0.2) is 24.3 Å². The summed E-state index contributed by atoms with van der Waals surface area (Å²) >= 11 is 0. The molecule has 1 N–H and O–H groups in total. The van der Waals surface area contributed by atoms with Crippen molar-refractivity contribution in [2.75, 3.05) is 6.61 Å². The largest absolute Gasteiger partial charge is 0.488 e. The number of hydrogen-bond acceptors (Lipinski definition) is 2. The molecule has 0 amide bonds. The lowest BCUT2D eigenvalue weighted by Gasteiger charge is -2.07. The predicted molar refractivity (Wildman–Crippen MR) is 43.6 cm³/mol. The van der Waals surface area contributed by atoms with E-state index >= 15 is 0 Å². The minimum Gasteiger partial charge on any atom is -0.488 e. The Hall–Kier alpha value is -1.09. The number of aliphatic hydroxyl groups excluding tert-OH is 1. The molecule has 3 heteroatoms. The fourth-order valence-corrected chi connectivity index (χ4v) is 0.772. The molecular formula is C9H11FO2. The number of hydrogen-bond donors (Lipinski definition) is 1. The molecule has 0 saturated carbocycles. The van der Waals surface area contributed by atoms with Gasteiger partial charge in [-0.15, -0.1) is 0 Å². The van der Waals surface area contributed by atoms with Gasteiger partial charge in [-0.1, -0.05) is 12.1 Å². The van der Waals surface area contributed by atoms with Crippen molar-refractivity contribution in [1.29, 1.82) is 0 Å². The van der Waals surface area contributed by atoms with Gasteiger partial charge in [0.2, 0.25) is 0 Å². The number of ether oxygens (including phenoxy) is 1. The van der Waals surface area contributed by atoms with Crippen LogP contribution >= 0.6 is 0 Å². The molecule has 0 saturated heterocycles. The SMILES string of the molecule is C[C@@H](O)COc1ccccc1F. The molecule has 1 rings (SSSR count). The average molecular weight is 170 g/mol. The topological polar surface area (TPSA) is 29.5 Å². The third-order valence-electron chi connectivity index (χ3n) is 1.32. The molecule has 1 aromatic carbocycles. The quantitative estimate of drug-likeness (QED) is 0.746. The molecular weight excluding hydrogens is 159 g/mol. The minimum atomic E-state index is -0.579. The van der Waals surface area contributed by atoms with Crippen molar-refractivity contribution >= 4 is 0 Å². The fourth-order valence-electron chi connectivity index (χ4n) is 0.772. The number of aliphatic hydroxyl groups is 1. The Kier molecular flexibility index (Phi) is 3.05. The Morgan fingerprint density at radius 1 is 1.50 bits per heavy atom. The van der Waals surface area contributed by atoms with Crippen molar-refractivity contribution in [3.63, 3.8) is 0 Å². The van der Waals surface area contributed by atoms with Crippen LogP contribution in [0.25, 0.3) is 0 Å². The Labute approximate surface area is 70.6 Å². The highest BCUT2D eigenvalue weighted by Crippen LogP contribution is 2.15. The predicted octanol–water partition coefficient (Wildman–Crippen LogP) is 1.59. The van der Waals surface area contributed by atoms with E-state index in [0.717, 1.165) is 0 Å². The summed E-state index contributed by atoms with van der Waals surface area (Å²) in [5.74, 6) is -0.225. The molecule has 2 nitrogen and oxygen atoms in total. The van der Waals surface area contributed by atoms with E-state index in [1.165, 1.54) is 12.1 Å². The highest BCUT2D eigenvalue weighted by Gasteiger charge is 2.02. The zero-order valence-corrected chi connectivity index (χ0v) is 6.83. The normalized spacial score (nSPS) is 12.6. The molecule has 0 unspecified atom stereocenters. The van der Waals surface area contributed by atoms with E-state index in [9.17, 15) is 4.39 Å². The van der Waals surface area contributed by atoms with E-state index in [0.29, 0.717) is 0 Å². The van der Waals surface area contributed by atoms with E-state index in [1.54, 1.807) is 19.1 Å². The van der Waals surface area contributed by atoms with Gasteiger partial charge in [-0.3, -0.25) is 0 Å². The van der Waals surface area contributed by atoms with Crippen molar-refractivity contribution in [3.05, 3.63) is 30.1 Å². The van der Waals surface area contributed by atoms with Gasteiger partial charge in [0.05, 0.1) is 6.10 Å². The molecule has 12 heavy (non-hydrogen) atoms. The second-order valence-corrected chi connectivity index (χ2v) is 2.59. The monoisotopic (exact) mass is 170 g/mol. The number of benzene rings is 1. The van der Waals surface area contributed by atoms with E-state index in [1.807, 2.05) is 0 Å². The molecule has 0 aliphatic rings. The van der Waals surface area contributed by atoms with Crippen LogP contribution in [0.5, 0.6) is 5.75 Å². The van der Waals surface area contributed by atoms with Crippen LogP contribution in [0, 0.1) is 5.82 Å². The van der Waals surface area contributed by atoms with Crippen molar-refractivity contribution in [2.24, 2.45) is 0 Å². The molecule has 1 atom stereocenters. The second kappa shape index (κ2) is 4.07. The first-order chi connectivity index (χ1) is 5.70. The summed E-state index contributed by atoms with van der Waals surface area (Å²) in [4.78, 5) is 0. The van der Waals surface area contributed by atoms with Gasteiger partial charge in [-0.05, 0) is 19.1 Å². The Balaban J connectivity index is 2.57. The highest BCUT2D eigenvalue weighted by atomic mass is 19.1. The zero-order chi connectivity index (χ0) is 8.97. The van der Waals surface area contributed by atoms with Gasteiger partial charge in [0.1, 0.15) is 6.61 Å². The van der Waals surface area contributed by atoms with Crippen molar-refractivity contribution in [2.45, 2.75) is 13.0 Å². The molecule has 66 valence electrons. The van der Waals surface area contributed by atoms with Gasteiger partial charge in [-0.2, -0.15) is 0 Å². The maximum absolute atomic E-state index is 12.8. The molecule has 0 aromatic heterocycles. The lowest BCUT2D eigenvalue weighted by Crippen LogP contribution is -2.13. The smallest absolute Gasteiger partial charge is 0.165 e. The van der Waals surface area contributed by atoms with Crippen LogP contribution in [0.4, 0.5) is 4.39 Å². The summed E-state index contributed by atoms with van der Waals surface area (Å²) in [5.41, 5.74) is 0. The second-order valence-electron chi connectivity index (χ2n) is 2.59. The van der Waals surface area contributed by atoms with Gasteiger partial charge >= 0.3 is 0 Å². The average Bonchev–Trinajstić information content (AvgIpc) is 2.03. The van der Waals surface area contributed by atoms with E-state index in [-0.39, 0.29) is 12.4 Å². The molecule has 0 fully saturated rings. The first kappa shape index (κ1) is 9.00. The van der Waals surface area contributed by atoms with Crippen molar-refractivity contribution in [1.82, 2.24) is 0 Å². The maximum atomic E-state index is 12.8.